The molecular formula is C15H22N4O. The van der Waals surface area contributed by atoms with Gasteiger partial charge in [0.1, 0.15) is 0 Å². The number of hydrogen-bond donors (Lipinski definition) is 1. The van der Waals surface area contributed by atoms with E-state index < -0.39 is 0 Å². The Hall–Kier alpha value is -1.46. The summed E-state index contributed by atoms with van der Waals surface area (Å²) in [6, 6.07) is 4.06. The summed E-state index contributed by atoms with van der Waals surface area (Å²) < 4.78 is 0. The molecule has 2 N–H and O–H groups in total. The van der Waals surface area contributed by atoms with Crippen LogP contribution in [-0.2, 0) is 11.3 Å². The van der Waals surface area contributed by atoms with Gasteiger partial charge >= 0.3 is 0 Å². The predicted molar refractivity (Wildman–Crippen MR) is 76.8 cm³/mol. The maximum absolute atomic E-state index is 12.4. The number of nitrogens with zero attached hydrogens (tertiary/aromatic N) is 3. The molecule has 0 atom stereocenters. The summed E-state index contributed by atoms with van der Waals surface area (Å²) in [6.45, 7) is 4.92. The first-order valence-corrected chi connectivity index (χ1v) is 7.34. The van der Waals surface area contributed by atoms with Crippen LogP contribution in [0.25, 0.3) is 0 Å². The van der Waals surface area contributed by atoms with Crippen molar-refractivity contribution >= 4 is 5.91 Å². The molecule has 1 aliphatic carbocycles. The minimum atomic E-state index is -0.203. The molecule has 1 aromatic heterocycles. The summed E-state index contributed by atoms with van der Waals surface area (Å²) in [5.74, 6) is 0.279. The van der Waals surface area contributed by atoms with Gasteiger partial charge in [0.15, 0.2) is 0 Å². The summed E-state index contributed by atoms with van der Waals surface area (Å²) in [4.78, 5) is 20.9. The highest BCUT2D eigenvalue weighted by molar-refractivity contribution is 5.85. The number of carbonyl (C=O) groups excluding carboxylic acids is 1. The van der Waals surface area contributed by atoms with Gasteiger partial charge in [-0.25, -0.2) is 0 Å². The van der Waals surface area contributed by atoms with Gasteiger partial charge in [-0.05, 0) is 24.5 Å². The normalized spacial score (nSPS) is 21.8. The van der Waals surface area contributed by atoms with Crippen LogP contribution in [0.2, 0.25) is 0 Å². The van der Waals surface area contributed by atoms with Crippen LogP contribution in [0.15, 0.2) is 24.5 Å². The van der Waals surface area contributed by atoms with E-state index in [1.165, 1.54) is 5.56 Å². The first-order chi connectivity index (χ1) is 9.73. The van der Waals surface area contributed by atoms with Gasteiger partial charge in [-0.1, -0.05) is 6.07 Å². The van der Waals surface area contributed by atoms with E-state index >= 15 is 0 Å². The summed E-state index contributed by atoms with van der Waals surface area (Å²) in [5.41, 5.74) is 6.77. The third-order valence-corrected chi connectivity index (χ3v) is 4.49. The molecule has 5 heteroatoms. The van der Waals surface area contributed by atoms with Crippen molar-refractivity contribution in [2.24, 2.45) is 11.1 Å². The Balaban J connectivity index is 1.51. The largest absolute Gasteiger partial charge is 0.340 e. The third-order valence-electron chi connectivity index (χ3n) is 4.49. The van der Waals surface area contributed by atoms with Crippen molar-refractivity contribution in [2.45, 2.75) is 19.4 Å². The van der Waals surface area contributed by atoms with Gasteiger partial charge < -0.3 is 10.6 Å². The lowest BCUT2D eigenvalue weighted by atomic mass is 10.1. The molecule has 0 aromatic carbocycles. The lowest BCUT2D eigenvalue weighted by Crippen LogP contribution is -2.51. The molecule has 1 saturated carbocycles. The fourth-order valence-corrected chi connectivity index (χ4v) is 2.85. The van der Waals surface area contributed by atoms with Gasteiger partial charge in [0, 0.05) is 51.7 Å². The number of amides is 1. The second kappa shape index (κ2) is 5.50. The highest BCUT2D eigenvalue weighted by Gasteiger charge is 2.50. The zero-order chi connectivity index (χ0) is 14.0. The number of nitrogens with two attached hydrogens (primary N) is 1. The monoisotopic (exact) mass is 274 g/mol. The number of aromatic nitrogens is 1. The average molecular weight is 274 g/mol. The second-order valence-corrected chi connectivity index (χ2v) is 5.91. The standard InChI is InChI=1S/C15H22N4O/c16-12-15(3-4-15)14(20)19-8-6-18(7-9-19)11-13-2-1-5-17-10-13/h1-2,5,10H,3-4,6-9,11-12,16H2. The molecule has 1 amide bonds. The maximum Gasteiger partial charge on any atom is 0.230 e. The second-order valence-electron chi connectivity index (χ2n) is 5.91. The highest BCUT2D eigenvalue weighted by atomic mass is 16.2. The molecule has 0 unspecified atom stereocenters. The number of hydrogen-bond acceptors (Lipinski definition) is 4. The number of carbonyl (C=O) groups is 1. The van der Waals surface area contributed by atoms with E-state index in [-0.39, 0.29) is 11.3 Å². The van der Waals surface area contributed by atoms with Gasteiger partial charge in [0.25, 0.3) is 0 Å². The molecular weight excluding hydrogens is 252 g/mol. The van der Waals surface area contributed by atoms with Crippen LogP contribution in [0, 0.1) is 5.41 Å². The quantitative estimate of drug-likeness (QED) is 0.866. The van der Waals surface area contributed by atoms with Crippen LogP contribution in [0.4, 0.5) is 0 Å². The molecule has 20 heavy (non-hydrogen) atoms. The maximum atomic E-state index is 12.4. The molecule has 0 radical (unpaired) electrons. The Morgan fingerprint density at radius 1 is 1.30 bits per heavy atom. The fourth-order valence-electron chi connectivity index (χ4n) is 2.85. The van der Waals surface area contributed by atoms with Crippen LogP contribution in [-0.4, -0.2) is 53.4 Å². The molecule has 1 aliphatic heterocycles. The summed E-state index contributed by atoms with van der Waals surface area (Å²) in [7, 11) is 0. The molecule has 2 fully saturated rings. The van der Waals surface area contributed by atoms with E-state index in [1.807, 2.05) is 17.2 Å². The smallest absolute Gasteiger partial charge is 0.230 e. The van der Waals surface area contributed by atoms with Crippen LogP contribution < -0.4 is 5.73 Å². The molecule has 1 saturated heterocycles. The van der Waals surface area contributed by atoms with Gasteiger partial charge in [-0.15, -0.1) is 0 Å². The first-order valence-electron chi connectivity index (χ1n) is 7.34. The van der Waals surface area contributed by atoms with E-state index in [2.05, 4.69) is 16.0 Å². The average Bonchev–Trinajstić information content (AvgIpc) is 3.30. The molecule has 2 aliphatic rings. The van der Waals surface area contributed by atoms with Gasteiger partial charge in [0.05, 0.1) is 5.41 Å². The molecule has 0 spiro atoms. The van der Waals surface area contributed by atoms with Crippen molar-refractivity contribution < 1.29 is 4.79 Å². The van der Waals surface area contributed by atoms with E-state index in [4.69, 9.17) is 5.73 Å². The first kappa shape index (κ1) is 13.5. The molecule has 2 heterocycles. The lowest BCUT2D eigenvalue weighted by Gasteiger charge is -2.36. The lowest BCUT2D eigenvalue weighted by molar-refractivity contribution is -0.138. The molecule has 3 rings (SSSR count). The summed E-state index contributed by atoms with van der Waals surface area (Å²) >= 11 is 0. The Kier molecular flexibility index (Phi) is 3.72. The molecule has 0 bridgehead atoms. The van der Waals surface area contributed by atoms with Crippen LogP contribution >= 0.6 is 0 Å². The van der Waals surface area contributed by atoms with Gasteiger partial charge in [-0.3, -0.25) is 14.7 Å². The Labute approximate surface area is 119 Å². The Bertz CT molecular complexity index is 464. The zero-order valence-electron chi connectivity index (χ0n) is 11.8. The number of piperazine rings is 1. The highest BCUT2D eigenvalue weighted by Crippen LogP contribution is 2.46. The minimum Gasteiger partial charge on any atom is -0.340 e. The zero-order valence-corrected chi connectivity index (χ0v) is 11.8. The molecule has 1 aromatic rings. The van der Waals surface area contributed by atoms with Crippen LogP contribution in [0.1, 0.15) is 18.4 Å². The number of rotatable bonds is 4. The molecule has 108 valence electrons. The van der Waals surface area contributed by atoms with E-state index in [9.17, 15) is 4.79 Å². The van der Waals surface area contributed by atoms with Crippen molar-refractivity contribution in [3.8, 4) is 0 Å². The van der Waals surface area contributed by atoms with Crippen molar-refractivity contribution in [1.29, 1.82) is 0 Å². The Morgan fingerprint density at radius 2 is 2.05 bits per heavy atom. The van der Waals surface area contributed by atoms with Gasteiger partial charge in [-0.2, -0.15) is 0 Å². The predicted octanol–water partition coefficient (Wildman–Crippen LogP) is 0.465. The van der Waals surface area contributed by atoms with E-state index in [0.29, 0.717) is 6.54 Å². The third kappa shape index (κ3) is 2.69. The Morgan fingerprint density at radius 3 is 2.60 bits per heavy atom. The van der Waals surface area contributed by atoms with Crippen molar-refractivity contribution in [2.75, 3.05) is 32.7 Å². The van der Waals surface area contributed by atoms with E-state index in [1.54, 1.807) is 6.20 Å². The van der Waals surface area contributed by atoms with Crippen LogP contribution in [0.5, 0.6) is 0 Å². The SMILES string of the molecule is NCC1(C(=O)N2CCN(Cc3cccnc3)CC2)CC1. The van der Waals surface area contributed by atoms with Crippen molar-refractivity contribution in [3.63, 3.8) is 0 Å². The van der Waals surface area contributed by atoms with E-state index in [0.717, 1.165) is 45.6 Å². The fraction of sp³-hybridized carbons (Fsp3) is 0.600. The van der Waals surface area contributed by atoms with Crippen LogP contribution in [0.3, 0.4) is 0 Å². The van der Waals surface area contributed by atoms with Gasteiger partial charge in [0.2, 0.25) is 5.91 Å². The topological polar surface area (TPSA) is 62.5 Å². The molecule has 5 nitrogen and oxygen atoms in total. The summed E-state index contributed by atoms with van der Waals surface area (Å²) in [6.07, 6.45) is 5.64. The van der Waals surface area contributed by atoms with Crippen molar-refractivity contribution in [3.05, 3.63) is 30.1 Å². The number of pyridine rings is 1. The van der Waals surface area contributed by atoms with Crippen molar-refractivity contribution in [1.82, 2.24) is 14.8 Å². The minimum absolute atomic E-state index is 0.203. The summed E-state index contributed by atoms with van der Waals surface area (Å²) in [5, 5.41) is 0.